The summed E-state index contributed by atoms with van der Waals surface area (Å²) in [4.78, 5) is 14.9. The third-order valence-electron chi connectivity index (χ3n) is 2.94. The molecule has 0 aliphatic carbocycles. The van der Waals surface area contributed by atoms with Gasteiger partial charge in [-0.3, -0.25) is 0 Å². The zero-order valence-corrected chi connectivity index (χ0v) is 9.38. The van der Waals surface area contributed by atoms with Crippen molar-refractivity contribution in [2.45, 2.75) is 13.0 Å². The highest BCUT2D eigenvalue weighted by Gasteiger charge is 2.26. The lowest BCUT2D eigenvalue weighted by Crippen LogP contribution is -2.06. The molecule has 17 heavy (non-hydrogen) atoms. The number of hydrogen-bond donors (Lipinski definition) is 0. The van der Waals surface area contributed by atoms with Gasteiger partial charge in [-0.05, 0) is 29.3 Å². The normalized spacial score (nSPS) is 19.2. The van der Waals surface area contributed by atoms with Gasteiger partial charge in [0.2, 0.25) is 0 Å². The Bertz CT molecular complexity index is 631. The molecular formula is C14H11NO2. The number of rotatable bonds is 1. The van der Waals surface area contributed by atoms with Gasteiger partial charge in [0, 0.05) is 0 Å². The molecule has 0 saturated heterocycles. The first-order chi connectivity index (χ1) is 8.24. The van der Waals surface area contributed by atoms with Crippen LogP contribution >= 0.6 is 0 Å². The molecule has 0 aromatic heterocycles. The minimum absolute atomic E-state index is 0.327. The van der Waals surface area contributed by atoms with E-state index in [1.165, 1.54) is 5.39 Å². The van der Waals surface area contributed by atoms with Gasteiger partial charge in [0.05, 0.1) is 5.71 Å². The molecule has 0 radical (unpaired) electrons. The molecule has 1 aliphatic rings. The molecular weight excluding hydrogens is 214 g/mol. The van der Waals surface area contributed by atoms with E-state index in [2.05, 4.69) is 11.1 Å². The van der Waals surface area contributed by atoms with E-state index in [1.54, 1.807) is 0 Å². The van der Waals surface area contributed by atoms with Crippen LogP contribution in [0, 0.1) is 0 Å². The third kappa shape index (κ3) is 1.69. The van der Waals surface area contributed by atoms with E-state index < -0.39 is 6.09 Å². The first-order valence-corrected chi connectivity index (χ1v) is 5.48. The number of amides is 1. The number of ether oxygens (including phenoxy) is 1. The van der Waals surface area contributed by atoms with Crippen LogP contribution in [0.2, 0.25) is 0 Å². The van der Waals surface area contributed by atoms with Gasteiger partial charge in [-0.2, -0.15) is 4.99 Å². The minimum Gasteiger partial charge on any atom is -0.434 e. The monoisotopic (exact) mass is 225 g/mol. The summed E-state index contributed by atoms with van der Waals surface area (Å²) in [6.45, 7) is 1.81. The largest absolute Gasteiger partial charge is 0.434 e. The number of carbonyl (C=O) groups is 1. The van der Waals surface area contributed by atoms with E-state index in [-0.39, 0.29) is 6.10 Å². The molecule has 84 valence electrons. The Morgan fingerprint density at radius 1 is 1.12 bits per heavy atom. The van der Waals surface area contributed by atoms with Crippen LogP contribution in [0.1, 0.15) is 18.6 Å². The Kier molecular flexibility index (Phi) is 2.18. The van der Waals surface area contributed by atoms with Crippen molar-refractivity contribution in [2.75, 3.05) is 0 Å². The number of fused-ring (bicyclic) bond motifs is 1. The van der Waals surface area contributed by atoms with E-state index in [1.807, 2.05) is 43.3 Å². The molecule has 1 amide bonds. The first kappa shape index (κ1) is 10.0. The second kappa shape index (κ2) is 3.70. The van der Waals surface area contributed by atoms with Crippen molar-refractivity contribution in [3.8, 4) is 0 Å². The maximum absolute atomic E-state index is 11.1. The summed E-state index contributed by atoms with van der Waals surface area (Å²) in [7, 11) is 0. The van der Waals surface area contributed by atoms with Gasteiger partial charge in [0.15, 0.2) is 6.10 Å². The smallest absolute Gasteiger partial charge is 0.434 e. The SMILES string of the molecule is CC1=NC(=O)OC1c1ccc2ccccc2c1. The summed E-state index contributed by atoms with van der Waals surface area (Å²) in [6.07, 6.45) is -0.826. The van der Waals surface area contributed by atoms with E-state index >= 15 is 0 Å². The number of cyclic esters (lactones) is 1. The van der Waals surface area contributed by atoms with Crippen molar-refractivity contribution in [2.24, 2.45) is 4.99 Å². The van der Waals surface area contributed by atoms with Crippen LogP contribution in [0.15, 0.2) is 47.5 Å². The summed E-state index contributed by atoms with van der Waals surface area (Å²) in [6, 6.07) is 14.1. The average molecular weight is 225 g/mol. The predicted molar refractivity (Wildman–Crippen MR) is 66.3 cm³/mol. The van der Waals surface area contributed by atoms with Gasteiger partial charge in [-0.1, -0.05) is 36.4 Å². The van der Waals surface area contributed by atoms with E-state index in [9.17, 15) is 4.79 Å². The van der Waals surface area contributed by atoms with Crippen LogP contribution in [0.3, 0.4) is 0 Å². The van der Waals surface area contributed by atoms with Crippen LogP contribution < -0.4 is 0 Å². The van der Waals surface area contributed by atoms with Crippen LogP contribution in [-0.2, 0) is 4.74 Å². The molecule has 1 aliphatic heterocycles. The number of benzene rings is 2. The van der Waals surface area contributed by atoms with Crippen LogP contribution in [0.5, 0.6) is 0 Å². The summed E-state index contributed by atoms with van der Waals surface area (Å²) in [5, 5.41) is 2.32. The molecule has 1 atom stereocenters. The maximum atomic E-state index is 11.1. The van der Waals surface area contributed by atoms with Crippen molar-refractivity contribution in [3.63, 3.8) is 0 Å². The fraction of sp³-hybridized carbons (Fsp3) is 0.143. The summed E-state index contributed by atoms with van der Waals surface area (Å²) < 4.78 is 5.17. The molecule has 1 unspecified atom stereocenters. The molecule has 0 spiro atoms. The molecule has 1 heterocycles. The van der Waals surface area contributed by atoms with E-state index in [0.717, 1.165) is 10.9 Å². The fourth-order valence-electron chi connectivity index (χ4n) is 2.10. The second-order valence-corrected chi connectivity index (χ2v) is 4.12. The molecule has 0 saturated carbocycles. The predicted octanol–water partition coefficient (Wildman–Crippen LogP) is 3.49. The van der Waals surface area contributed by atoms with Crippen molar-refractivity contribution in [1.82, 2.24) is 0 Å². The number of aliphatic imine (C=N–C) groups is 1. The molecule has 2 aromatic carbocycles. The van der Waals surface area contributed by atoms with Gasteiger partial charge in [-0.15, -0.1) is 0 Å². The van der Waals surface area contributed by atoms with Gasteiger partial charge >= 0.3 is 6.09 Å². The lowest BCUT2D eigenvalue weighted by molar-refractivity contribution is 0.149. The molecule has 3 rings (SSSR count). The fourth-order valence-corrected chi connectivity index (χ4v) is 2.10. The van der Waals surface area contributed by atoms with Crippen molar-refractivity contribution in [1.29, 1.82) is 0 Å². The highest BCUT2D eigenvalue weighted by molar-refractivity contribution is 6.00. The van der Waals surface area contributed by atoms with Crippen LogP contribution in [-0.4, -0.2) is 11.8 Å². The van der Waals surface area contributed by atoms with Crippen LogP contribution in [0.4, 0.5) is 4.79 Å². The summed E-state index contributed by atoms with van der Waals surface area (Å²) in [5.74, 6) is 0. The lowest BCUT2D eigenvalue weighted by Gasteiger charge is -2.11. The number of nitrogens with zero attached hydrogens (tertiary/aromatic N) is 1. The highest BCUT2D eigenvalue weighted by atomic mass is 16.6. The van der Waals surface area contributed by atoms with Gasteiger partial charge in [0.1, 0.15) is 0 Å². The summed E-state index contributed by atoms with van der Waals surface area (Å²) in [5.41, 5.74) is 1.68. The Morgan fingerprint density at radius 3 is 2.59 bits per heavy atom. The van der Waals surface area contributed by atoms with Crippen molar-refractivity contribution < 1.29 is 9.53 Å². The Balaban J connectivity index is 2.07. The van der Waals surface area contributed by atoms with Crippen molar-refractivity contribution >= 4 is 22.6 Å². The van der Waals surface area contributed by atoms with E-state index in [0.29, 0.717) is 5.71 Å². The topological polar surface area (TPSA) is 38.7 Å². The average Bonchev–Trinajstić information content (AvgIpc) is 2.68. The molecule has 0 bridgehead atoms. The minimum atomic E-state index is -0.499. The van der Waals surface area contributed by atoms with Crippen LogP contribution in [0.25, 0.3) is 10.8 Å². The standard InChI is InChI=1S/C14H11NO2/c1-9-13(17-14(16)15-9)12-7-6-10-4-2-3-5-11(10)8-12/h2-8,13H,1H3. The second-order valence-electron chi connectivity index (χ2n) is 4.12. The maximum Gasteiger partial charge on any atom is 0.434 e. The Labute approximate surface area is 98.7 Å². The number of carbonyl (C=O) groups excluding carboxylic acids is 1. The van der Waals surface area contributed by atoms with Gasteiger partial charge in [0.25, 0.3) is 0 Å². The lowest BCUT2D eigenvalue weighted by atomic mass is 10.0. The Morgan fingerprint density at radius 2 is 1.88 bits per heavy atom. The van der Waals surface area contributed by atoms with Gasteiger partial charge < -0.3 is 4.74 Å². The summed E-state index contributed by atoms with van der Waals surface area (Å²) >= 11 is 0. The van der Waals surface area contributed by atoms with Crippen molar-refractivity contribution in [3.05, 3.63) is 48.0 Å². The third-order valence-corrected chi connectivity index (χ3v) is 2.94. The van der Waals surface area contributed by atoms with Gasteiger partial charge in [-0.25, -0.2) is 4.79 Å². The number of hydrogen-bond acceptors (Lipinski definition) is 2. The molecule has 0 fully saturated rings. The first-order valence-electron chi connectivity index (χ1n) is 5.48. The zero-order chi connectivity index (χ0) is 11.8. The molecule has 3 heteroatoms. The quantitative estimate of drug-likeness (QED) is 0.745. The van der Waals surface area contributed by atoms with E-state index in [4.69, 9.17) is 4.74 Å². The molecule has 2 aromatic rings. The molecule has 0 N–H and O–H groups in total. The Hall–Kier alpha value is -2.16. The molecule has 3 nitrogen and oxygen atoms in total. The highest BCUT2D eigenvalue weighted by Crippen LogP contribution is 2.27. The zero-order valence-electron chi connectivity index (χ0n) is 9.38.